The van der Waals surface area contributed by atoms with E-state index in [1.165, 1.54) is 26.0 Å². The largest absolute Gasteiger partial charge is 0.475 e. The maximum atomic E-state index is 11.1. The van der Waals surface area contributed by atoms with E-state index >= 15 is 0 Å². The number of ether oxygens (including phenoxy) is 2. The van der Waals surface area contributed by atoms with Crippen LogP contribution < -0.4 is 10.1 Å². The summed E-state index contributed by atoms with van der Waals surface area (Å²) >= 11 is 0. The van der Waals surface area contributed by atoms with Gasteiger partial charge in [0.1, 0.15) is 0 Å². The number of carbonyl (C=O) groups is 1. The zero-order valence-electron chi connectivity index (χ0n) is 10.5. The summed E-state index contributed by atoms with van der Waals surface area (Å²) in [5.74, 6) is 0.563. The minimum absolute atomic E-state index is 0.0642. The number of carbonyl (C=O) groups excluding carboxylic acids is 1. The van der Waals surface area contributed by atoms with Gasteiger partial charge in [-0.15, -0.1) is 0 Å². The summed E-state index contributed by atoms with van der Waals surface area (Å²) in [7, 11) is 1.29. The molecule has 0 aromatic carbocycles. The molecule has 18 heavy (non-hydrogen) atoms. The van der Waals surface area contributed by atoms with Crippen molar-refractivity contribution in [3.05, 3.63) is 11.8 Å². The Morgan fingerprint density at radius 2 is 2.33 bits per heavy atom. The van der Waals surface area contributed by atoms with Crippen LogP contribution in [-0.4, -0.2) is 37.9 Å². The first-order chi connectivity index (χ1) is 8.79. The highest BCUT2D eigenvalue weighted by Crippen LogP contribution is 2.17. The molecule has 0 bridgehead atoms. The number of rotatable bonds is 5. The van der Waals surface area contributed by atoms with Crippen LogP contribution in [0.2, 0.25) is 0 Å². The predicted octanol–water partition coefficient (Wildman–Crippen LogP) is 1.23. The van der Waals surface area contributed by atoms with E-state index in [0.29, 0.717) is 18.4 Å². The van der Waals surface area contributed by atoms with Gasteiger partial charge in [-0.1, -0.05) is 0 Å². The van der Waals surface area contributed by atoms with Crippen LogP contribution in [0.15, 0.2) is 10.6 Å². The molecular weight excluding hydrogens is 236 g/mol. The summed E-state index contributed by atoms with van der Waals surface area (Å²) in [6.45, 7) is 2.76. The molecule has 1 aromatic rings. The van der Waals surface area contributed by atoms with Crippen LogP contribution in [0, 0.1) is 5.92 Å². The molecule has 0 radical (unpaired) electrons. The first kappa shape index (κ1) is 12.9. The fraction of sp³-hybridized carbons (Fsp3) is 0.667. The molecule has 1 saturated heterocycles. The van der Waals surface area contributed by atoms with Gasteiger partial charge in [0.2, 0.25) is 5.76 Å². The highest BCUT2D eigenvalue weighted by molar-refractivity contribution is 5.86. The fourth-order valence-corrected chi connectivity index (χ4v) is 2.02. The molecule has 0 atom stereocenters. The molecule has 6 nitrogen and oxygen atoms in total. The van der Waals surface area contributed by atoms with Gasteiger partial charge in [0.15, 0.2) is 0 Å². The van der Waals surface area contributed by atoms with Gasteiger partial charge >= 0.3 is 5.97 Å². The van der Waals surface area contributed by atoms with Crippen molar-refractivity contribution in [3.63, 3.8) is 0 Å². The lowest BCUT2D eigenvalue weighted by molar-refractivity contribution is 0.0554. The van der Waals surface area contributed by atoms with Gasteiger partial charge < -0.3 is 19.3 Å². The molecule has 2 rings (SSSR count). The number of aromatic nitrogens is 1. The summed E-state index contributed by atoms with van der Waals surface area (Å²) in [6, 6.07) is 1.45. The normalized spacial score (nSPS) is 16.5. The Morgan fingerprint density at radius 3 is 3.06 bits per heavy atom. The average molecular weight is 254 g/mol. The number of esters is 1. The first-order valence-corrected chi connectivity index (χ1v) is 6.18. The van der Waals surface area contributed by atoms with E-state index in [0.717, 1.165) is 19.5 Å². The summed E-state index contributed by atoms with van der Waals surface area (Å²) in [6.07, 6.45) is 3.38. The number of piperidine rings is 1. The van der Waals surface area contributed by atoms with E-state index in [1.807, 2.05) is 0 Å². The molecule has 1 fully saturated rings. The van der Waals surface area contributed by atoms with E-state index in [-0.39, 0.29) is 5.76 Å². The minimum Gasteiger partial charge on any atom is -0.475 e. The maximum absolute atomic E-state index is 11.1. The highest BCUT2D eigenvalue weighted by atomic mass is 16.6. The van der Waals surface area contributed by atoms with Gasteiger partial charge in [-0.3, -0.25) is 0 Å². The van der Waals surface area contributed by atoms with Crippen molar-refractivity contribution in [2.24, 2.45) is 5.92 Å². The molecule has 1 aliphatic heterocycles. The summed E-state index contributed by atoms with van der Waals surface area (Å²) < 4.78 is 14.8. The number of hydrogen-bond acceptors (Lipinski definition) is 6. The molecule has 2 heterocycles. The molecule has 1 N–H and O–H groups in total. The smallest absolute Gasteiger partial charge is 0.377 e. The van der Waals surface area contributed by atoms with Crippen molar-refractivity contribution >= 4 is 5.97 Å². The van der Waals surface area contributed by atoms with E-state index in [9.17, 15) is 4.79 Å². The predicted molar refractivity (Wildman–Crippen MR) is 63.5 cm³/mol. The lowest BCUT2D eigenvalue weighted by Gasteiger charge is -2.21. The lowest BCUT2D eigenvalue weighted by Crippen LogP contribution is -2.28. The number of nitrogens with zero attached hydrogens (tertiary/aromatic N) is 1. The van der Waals surface area contributed by atoms with Crippen LogP contribution in [0.25, 0.3) is 0 Å². The van der Waals surface area contributed by atoms with Crippen LogP contribution in [0.1, 0.15) is 29.8 Å². The second kappa shape index (κ2) is 6.39. The highest BCUT2D eigenvalue weighted by Gasteiger charge is 2.15. The van der Waals surface area contributed by atoms with Crippen LogP contribution in [-0.2, 0) is 4.74 Å². The molecule has 1 aromatic heterocycles. The van der Waals surface area contributed by atoms with Crippen LogP contribution in [0.3, 0.4) is 0 Å². The van der Waals surface area contributed by atoms with E-state index in [4.69, 9.17) is 9.26 Å². The topological polar surface area (TPSA) is 73.6 Å². The average Bonchev–Trinajstić information content (AvgIpc) is 2.88. The Kier molecular flexibility index (Phi) is 4.58. The van der Waals surface area contributed by atoms with Crippen molar-refractivity contribution in [3.8, 4) is 5.88 Å². The lowest BCUT2D eigenvalue weighted by atomic mass is 9.95. The fourth-order valence-electron chi connectivity index (χ4n) is 2.02. The molecule has 6 heteroatoms. The third kappa shape index (κ3) is 3.46. The SMILES string of the molecule is COC(=O)c1cc(OCCC2CCNCC2)no1. The van der Waals surface area contributed by atoms with E-state index < -0.39 is 5.97 Å². The van der Waals surface area contributed by atoms with Gasteiger partial charge in [0, 0.05) is 0 Å². The van der Waals surface area contributed by atoms with Gasteiger partial charge in [-0.25, -0.2) is 4.79 Å². The second-order valence-electron chi connectivity index (χ2n) is 4.35. The number of nitrogens with one attached hydrogen (secondary N) is 1. The Hall–Kier alpha value is -1.56. The van der Waals surface area contributed by atoms with Crippen molar-refractivity contribution in [1.82, 2.24) is 10.5 Å². The number of hydrogen-bond donors (Lipinski definition) is 1. The molecule has 0 unspecified atom stereocenters. The summed E-state index contributed by atoms with van der Waals surface area (Å²) in [5, 5.41) is 6.98. The van der Waals surface area contributed by atoms with Crippen molar-refractivity contribution in [1.29, 1.82) is 0 Å². The monoisotopic (exact) mass is 254 g/mol. The van der Waals surface area contributed by atoms with Crippen molar-refractivity contribution < 1.29 is 18.8 Å². The van der Waals surface area contributed by atoms with Crippen molar-refractivity contribution in [2.75, 3.05) is 26.8 Å². The summed E-state index contributed by atoms with van der Waals surface area (Å²) in [4.78, 5) is 11.1. The Balaban J connectivity index is 1.72. The van der Waals surface area contributed by atoms with Crippen molar-refractivity contribution in [2.45, 2.75) is 19.3 Å². The molecular formula is C12H18N2O4. The third-order valence-corrected chi connectivity index (χ3v) is 3.11. The van der Waals surface area contributed by atoms with Gasteiger partial charge in [0.05, 0.1) is 19.8 Å². The third-order valence-electron chi connectivity index (χ3n) is 3.11. The molecule has 1 aliphatic rings. The maximum Gasteiger partial charge on any atom is 0.377 e. The molecule has 0 amide bonds. The quantitative estimate of drug-likeness (QED) is 0.797. The van der Waals surface area contributed by atoms with Crippen LogP contribution in [0.5, 0.6) is 5.88 Å². The minimum atomic E-state index is -0.546. The van der Waals surface area contributed by atoms with E-state index in [2.05, 4.69) is 15.2 Å². The van der Waals surface area contributed by atoms with Gasteiger partial charge in [0.25, 0.3) is 5.88 Å². The number of methoxy groups -OCH3 is 1. The van der Waals surface area contributed by atoms with E-state index in [1.54, 1.807) is 0 Å². The Bertz CT molecular complexity index is 385. The molecule has 0 spiro atoms. The summed E-state index contributed by atoms with van der Waals surface area (Å²) in [5.41, 5.74) is 0. The van der Waals surface area contributed by atoms with Crippen LogP contribution >= 0.6 is 0 Å². The van der Waals surface area contributed by atoms with Gasteiger partial charge in [-0.05, 0) is 43.4 Å². The zero-order valence-corrected chi connectivity index (χ0v) is 10.5. The molecule has 0 saturated carbocycles. The van der Waals surface area contributed by atoms with Gasteiger partial charge in [-0.2, -0.15) is 0 Å². The Labute approximate surface area is 106 Å². The molecule has 0 aliphatic carbocycles. The molecule has 100 valence electrons. The zero-order chi connectivity index (χ0) is 12.8. The first-order valence-electron chi connectivity index (χ1n) is 6.18. The second-order valence-corrected chi connectivity index (χ2v) is 4.35. The Morgan fingerprint density at radius 1 is 1.56 bits per heavy atom. The van der Waals surface area contributed by atoms with Crippen LogP contribution in [0.4, 0.5) is 0 Å². The standard InChI is InChI=1S/C12H18N2O4/c1-16-12(15)10-8-11(14-18-10)17-7-4-9-2-5-13-6-3-9/h8-9,13H,2-7H2,1H3.